The zero-order chi connectivity index (χ0) is 11.4. The molecule has 0 aliphatic carbocycles. The van der Waals surface area contributed by atoms with Crippen LogP contribution in [-0.2, 0) is 19.5 Å². The molecule has 0 aromatic carbocycles. The number of aromatic nitrogens is 5. The SMILES string of the molecule is C=CCn1c(CCn2cccn2)n[nH]c1=O. The van der Waals surface area contributed by atoms with E-state index in [2.05, 4.69) is 21.9 Å². The zero-order valence-electron chi connectivity index (χ0n) is 8.83. The molecule has 2 rings (SSSR count). The van der Waals surface area contributed by atoms with E-state index in [9.17, 15) is 4.79 Å². The van der Waals surface area contributed by atoms with Gasteiger partial charge < -0.3 is 0 Å². The molecule has 0 bridgehead atoms. The predicted octanol–water partition coefficient (Wildman–Crippen LogP) is 0.197. The van der Waals surface area contributed by atoms with Crippen LogP contribution in [0.1, 0.15) is 5.82 Å². The molecule has 0 saturated carbocycles. The van der Waals surface area contributed by atoms with Gasteiger partial charge in [-0.1, -0.05) is 6.08 Å². The van der Waals surface area contributed by atoms with Gasteiger partial charge in [0.05, 0.1) is 0 Å². The van der Waals surface area contributed by atoms with Crippen molar-refractivity contribution >= 4 is 0 Å². The second-order valence-corrected chi connectivity index (χ2v) is 3.36. The minimum absolute atomic E-state index is 0.199. The average Bonchev–Trinajstić information content (AvgIpc) is 2.89. The van der Waals surface area contributed by atoms with Crippen molar-refractivity contribution in [3.05, 3.63) is 47.4 Å². The minimum Gasteiger partial charge on any atom is -0.275 e. The molecule has 0 atom stereocenters. The van der Waals surface area contributed by atoms with Crippen molar-refractivity contribution in [2.24, 2.45) is 0 Å². The minimum atomic E-state index is -0.199. The molecule has 2 heterocycles. The number of aromatic amines is 1. The van der Waals surface area contributed by atoms with E-state index >= 15 is 0 Å². The van der Waals surface area contributed by atoms with Gasteiger partial charge in [-0.3, -0.25) is 9.25 Å². The fourth-order valence-corrected chi connectivity index (χ4v) is 1.51. The third-order valence-corrected chi connectivity index (χ3v) is 2.27. The molecule has 0 fully saturated rings. The molecule has 84 valence electrons. The lowest BCUT2D eigenvalue weighted by Gasteiger charge is -2.02. The van der Waals surface area contributed by atoms with Crippen LogP contribution in [0.2, 0.25) is 0 Å². The van der Waals surface area contributed by atoms with Crippen LogP contribution in [0.25, 0.3) is 0 Å². The third-order valence-electron chi connectivity index (χ3n) is 2.27. The first kappa shape index (κ1) is 10.4. The van der Waals surface area contributed by atoms with Crippen molar-refractivity contribution in [2.75, 3.05) is 0 Å². The van der Waals surface area contributed by atoms with E-state index in [4.69, 9.17) is 0 Å². The Hall–Kier alpha value is -2.11. The summed E-state index contributed by atoms with van der Waals surface area (Å²) in [6.07, 6.45) is 5.94. The number of aryl methyl sites for hydroxylation is 2. The van der Waals surface area contributed by atoms with E-state index < -0.39 is 0 Å². The lowest BCUT2D eigenvalue weighted by atomic mass is 10.4. The molecule has 0 aliphatic heterocycles. The number of hydrogen-bond donors (Lipinski definition) is 1. The van der Waals surface area contributed by atoms with Crippen LogP contribution in [-0.4, -0.2) is 24.5 Å². The molecule has 0 radical (unpaired) electrons. The van der Waals surface area contributed by atoms with Gasteiger partial charge in [-0.15, -0.1) is 6.58 Å². The van der Waals surface area contributed by atoms with Crippen LogP contribution < -0.4 is 5.69 Å². The van der Waals surface area contributed by atoms with Gasteiger partial charge in [-0.05, 0) is 6.07 Å². The van der Waals surface area contributed by atoms with Gasteiger partial charge in [0.1, 0.15) is 5.82 Å². The Bertz CT molecular complexity index is 508. The number of nitrogens with one attached hydrogen (secondary N) is 1. The maximum atomic E-state index is 11.4. The van der Waals surface area contributed by atoms with E-state index in [1.165, 1.54) is 0 Å². The monoisotopic (exact) mass is 219 g/mol. The Morgan fingerprint density at radius 3 is 3.12 bits per heavy atom. The summed E-state index contributed by atoms with van der Waals surface area (Å²) in [6.45, 7) is 4.79. The van der Waals surface area contributed by atoms with Gasteiger partial charge in [-0.25, -0.2) is 9.89 Å². The van der Waals surface area contributed by atoms with Crippen LogP contribution in [0.3, 0.4) is 0 Å². The molecular weight excluding hydrogens is 206 g/mol. The summed E-state index contributed by atoms with van der Waals surface area (Å²) in [5.74, 6) is 0.723. The number of H-pyrrole nitrogens is 1. The maximum Gasteiger partial charge on any atom is 0.343 e. The Balaban J connectivity index is 2.09. The van der Waals surface area contributed by atoms with E-state index in [-0.39, 0.29) is 5.69 Å². The summed E-state index contributed by atoms with van der Waals surface area (Å²) in [6, 6.07) is 1.86. The van der Waals surface area contributed by atoms with Gasteiger partial charge in [0, 0.05) is 31.9 Å². The smallest absolute Gasteiger partial charge is 0.275 e. The Labute approximate surface area is 92.2 Å². The molecule has 16 heavy (non-hydrogen) atoms. The summed E-state index contributed by atoms with van der Waals surface area (Å²) in [5, 5.41) is 10.5. The van der Waals surface area contributed by atoms with Gasteiger partial charge in [-0.2, -0.15) is 10.2 Å². The number of allylic oxidation sites excluding steroid dienone is 1. The first-order chi connectivity index (χ1) is 7.81. The molecule has 6 nitrogen and oxygen atoms in total. The van der Waals surface area contributed by atoms with E-state index in [1.807, 2.05) is 12.3 Å². The highest BCUT2D eigenvalue weighted by molar-refractivity contribution is 4.89. The number of rotatable bonds is 5. The predicted molar refractivity (Wildman–Crippen MR) is 59.0 cm³/mol. The van der Waals surface area contributed by atoms with Crippen LogP contribution in [0.4, 0.5) is 0 Å². The molecule has 0 spiro atoms. The lowest BCUT2D eigenvalue weighted by molar-refractivity contribution is 0.580. The van der Waals surface area contributed by atoms with Gasteiger partial charge in [0.2, 0.25) is 0 Å². The van der Waals surface area contributed by atoms with Crippen LogP contribution in [0.15, 0.2) is 35.9 Å². The van der Waals surface area contributed by atoms with E-state index in [0.29, 0.717) is 19.5 Å². The fourth-order valence-electron chi connectivity index (χ4n) is 1.51. The first-order valence-electron chi connectivity index (χ1n) is 5.03. The summed E-state index contributed by atoms with van der Waals surface area (Å²) in [5.41, 5.74) is -0.199. The Morgan fingerprint density at radius 1 is 1.56 bits per heavy atom. The lowest BCUT2D eigenvalue weighted by Crippen LogP contribution is -2.19. The second-order valence-electron chi connectivity index (χ2n) is 3.36. The summed E-state index contributed by atoms with van der Waals surface area (Å²) < 4.78 is 3.37. The Morgan fingerprint density at radius 2 is 2.44 bits per heavy atom. The van der Waals surface area contributed by atoms with Gasteiger partial charge in [0.25, 0.3) is 0 Å². The molecule has 6 heteroatoms. The van der Waals surface area contributed by atoms with Crippen LogP contribution in [0.5, 0.6) is 0 Å². The quantitative estimate of drug-likeness (QED) is 0.730. The van der Waals surface area contributed by atoms with Crippen molar-refractivity contribution in [3.63, 3.8) is 0 Å². The first-order valence-corrected chi connectivity index (χ1v) is 5.03. The summed E-state index contributed by atoms with van der Waals surface area (Å²) >= 11 is 0. The highest BCUT2D eigenvalue weighted by Gasteiger charge is 2.06. The van der Waals surface area contributed by atoms with Gasteiger partial charge in [0.15, 0.2) is 0 Å². The van der Waals surface area contributed by atoms with Crippen LogP contribution >= 0.6 is 0 Å². The Kier molecular flexibility index (Phi) is 3.00. The van der Waals surface area contributed by atoms with Crippen molar-refractivity contribution in [3.8, 4) is 0 Å². The highest BCUT2D eigenvalue weighted by atomic mass is 16.1. The molecule has 0 amide bonds. The topological polar surface area (TPSA) is 68.5 Å². The molecule has 1 N–H and O–H groups in total. The zero-order valence-corrected chi connectivity index (χ0v) is 8.83. The standard InChI is InChI=1S/C10H13N5O/c1-2-6-15-9(12-13-10(15)16)4-8-14-7-3-5-11-14/h2-3,5,7H,1,4,6,8H2,(H,13,16). The number of hydrogen-bond acceptors (Lipinski definition) is 3. The molecule has 0 unspecified atom stereocenters. The van der Waals surface area contributed by atoms with Crippen molar-refractivity contribution in [2.45, 2.75) is 19.5 Å². The van der Waals surface area contributed by atoms with Crippen molar-refractivity contribution in [1.29, 1.82) is 0 Å². The molecule has 2 aromatic rings. The van der Waals surface area contributed by atoms with E-state index in [0.717, 1.165) is 5.82 Å². The largest absolute Gasteiger partial charge is 0.343 e. The highest BCUT2D eigenvalue weighted by Crippen LogP contribution is 1.96. The third kappa shape index (κ3) is 2.10. The maximum absolute atomic E-state index is 11.4. The normalized spacial score (nSPS) is 10.5. The summed E-state index contributed by atoms with van der Waals surface area (Å²) in [4.78, 5) is 11.4. The van der Waals surface area contributed by atoms with E-state index in [1.54, 1.807) is 21.5 Å². The van der Waals surface area contributed by atoms with Crippen molar-refractivity contribution in [1.82, 2.24) is 24.5 Å². The average molecular weight is 219 g/mol. The fraction of sp³-hybridized carbons (Fsp3) is 0.300. The van der Waals surface area contributed by atoms with Gasteiger partial charge >= 0.3 is 5.69 Å². The summed E-state index contributed by atoms with van der Waals surface area (Å²) in [7, 11) is 0. The van der Waals surface area contributed by atoms with Crippen LogP contribution in [0, 0.1) is 0 Å². The molecular formula is C10H13N5O. The number of nitrogens with zero attached hydrogens (tertiary/aromatic N) is 4. The van der Waals surface area contributed by atoms with Crippen molar-refractivity contribution < 1.29 is 0 Å². The molecule has 0 aliphatic rings. The molecule has 2 aromatic heterocycles. The second kappa shape index (κ2) is 4.61. The molecule has 0 saturated heterocycles.